The minimum atomic E-state index is 0.562. The number of benzene rings is 1. The van der Waals surface area contributed by atoms with Crippen molar-refractivity contribution < 1.29 is 4.74 Å². The molecule has 2 nitrogen and oxygen atoms in total. The second-order valence-corrected chi connectivity index (χ2v) is 4.96. The zero-order chi connectivity index (χ0) is 10.7. The normalized spacial score (nSPS) is 17.7. The summed E-state index contributed by atoms with van der Waals surface area (Å²) in [4.78, 5) is 0. The molecule has 0 spiro atoms. The molecule has 0 radical (unpaired) electrons. The van der Waals surface area contributed by atoms with Gasteiger partial charge in [0, 0.05) is 29.4 Å². The molecule has 0 saturated carbocycles. The number of hydrogen-bond acceptors (Lipinski definition) is 2. The summed E-state index contributed by atoms with van der Waals surface area (Å²) in [6.45, 7) is 3.87. The summed E-state index contributed by atoms with van der Waals surface area (Å²) >= 11 is 3.51. The Kier molecular flexibility index (Phi) is 3.65. The summed E-state index contributed by atoms with van der Waals surface area (Å²) in [6.07, 6.45) is 2.21. The van der Waals surface area contributed by atoms with E-state index in [0.29, 0.717) is 6.04 Å². The molecule has 3 heteroatoms. The lowest BCUT2D eigenvalue weighted by Gasteiger charge is -2.24. The summed E-state index contributed by atoms with van der Waals surface area (Å²) in [5, 5.41) is 3.55. The van der Waals surface area contributed by atoms with Gasteiger partial charge in [-0.2, -0.15) is 0 Å². The number of halogens is 1. The molecule has 1 heterocycles. The quantitative estimate of drug-likeness (QED) is 0.889. The first-order chi connectivity index (χ1) is 7.24. The van der Waals surface area contributed by atoms with Crippen LogP contribution in [0.1, 0.15) is 18.4 Å². The molecule has 1 aliphatic rings. The molecule has 0 unspecified atom stereocenters. The maximum atomic E-state index is 5.34. The molecule has 0 aliphatic carbocycles. The first-order valence-electron chi connectivity index (χ1n) is 5.35. The van der Waals surface area contributed by atoms with Crippen LogP contribution < -0.4 is 5.32 Å². The van der Waals surface area contributed by atoms with Gasteiger partial charge >= 0.3 is 0 Å². The molecule has 0 amide bonds. The SMILES string of the molecule is Cc1cc(Br)cc(NC2CCOCC2)c1. The fourth-order valence-corrected chi connectivity index (χ4v) is 2.51. The fraction of sp³-hybridized carbons (Fsp3) is 0.500. The van der Waals surface area contributed by atoms with Crippen molar-refractivity contribution in [1.29, 1.82) is 0 Å². The Hall–Kier alpha value is -0.540. The van der Waals surface area contributed by atoms with Gasteiger partial charge in [0.1, 0.15) is 0 Å². The number of nitrogens with one attached hydrogen (secondary N) is 1. The molecule has 1 aliphatic heterocycles. The van der Waals surface area contributed by atoms with Crippen molar-refractivity contribution in [2.75, 3.05) is 18.5 Å². The summed E-state index contributed by atoms with van der Waals surface area (Å²) in [6, 6.07) is 6.99. The van der Waals surface area contributed by atoms with Gasteiger partial charge in [0.25, 0.3) is 0 Å². The molecule has 0 bridgehead atoms. The molecule has 82 valence electrons. The van der Waals surface area contributed by atoms with Crippen LogP contribution >= 0.6 is 15.9 Å². The smallest absolute Gasteiger partial charge is 0.0485 e. The number of aryl methyl sites for hydroxylation is 1. The first-order valence-corrected chi connectivity index (χ1v) is 6.15. The lowest BCUT2D eigenvalue weighted by atomic mass is 10.1. The highest BCUT2D eigenvalue weighted by molar-refractivity contribution is 9.10. The van der Waals surface area contributed by atoms with Crippen molar-refractivity contribution in [3.63, 3.8) is 0 Å². The Labute approximate surface area is 99.1 Å². The number of anilines is 1. The van der Waals surface area contributed by atoms with Gasteiger partial charge in [0.2, 0.25) is 0 Å². The van der Waals surface area contributed by atoms with Crippen molar-refractivity contribution >= 4 is 21.6 Å². The van der Waals surface area contributed by atoms with E-state index >= 15 is 0 Å². The van der Waals surface area contributed by atoms with Crippen LogP contribution in [0.3, 0.4) is 0 Å². The second kappa shape index (κ2) is 4.99. The van der Waals surface area contributed by atoms with Crippen LogP contribution in [0.2, 0.25) is 0 Å². The van der Waals surface area contributed by atoms with Gasteiger partial charge < -0.3 is 10.1 Å². The highest BCUT2D eigenvalue weighted by Crippen LogP contribution is 2.21. The van der Waals surface area contributed by atoms with Crippen molar-refractivity contribution in [2.45, 2.75) is 25.8 Å². The van der Waals surface area contributed by atoms with Gasteiger partial charge in [0.05, 0.1) is 0 Å². The fourth-order valence-electron chi connectivity index (χ4n) is 1.90. The molecule has 0 aromatic heterocycles. The van der Waals surface area contributed by atoms with Crippen LogP contribution in [-0.4, -0.2) is 19.3 Å². The van der Waals surface area contributed by atoms with E-state index in [-0.39, 0.29) is 0 Å². The minimum absolute atomic E-state index is 0.562. The van der Waals surface area contributed by atoms with E-state index < -0.39 is 0 Å². The third kappa shape index (κ3) is 3.21. The number of rotatable bonds is 2. The van der Waals surface area contributed by atoms with Crippen LogP contribution in [0.4, 0.5) is 5.69 Å². The molecule has 1 aromatic carbocycles. The third-order valence-corrected chi connectivity index (χ3v) is 3.09. The molecule has 1 fully saturated rings. The van der Waals surface area contributed by atoms with Crippen molar-refractivity contribution in [1.82, 2.24) is 0 Å². The molecule has 1 aromatic rings. The topological polar surface area (TPSA) is 21.3 Å². The summed E-state index contributed by atoms with van der Waals surface area (Å²) in [7, 11) is 0. The van der Waals surface area contributed by atoms with E-state index in [4.69, 9.17) is 4.74 Å². The van der Waals surface area contributed by atoms with Crippen LogP contribution in [0.5, 0.6) is 0 Å². The monoisotopic (exact) mass is 269 g/mol. The van der Waals surface area contributed by atoms with Crippen LogP contribution in [-0.2, 0) is 4.74 Å². The zero-order valence-electron chi connectivity index (χ0n) is 8.92. The van der Waals surface area contributed by atoms with Crippen LogP contribution in [0.25, 0.3) is 0 Å². The predicted octanol–water partition coefficient (Wildman–Crippen LogP) is 3.35. The minimum Gasteiger partial charge on any atom is -0.382 e. The Morgan fingerprint density at radius 2 is 2.00 bits per heavy atom. The third-order valence-electron chi connectivity index (χ3n) is 2.63. The van der Waals surface area contributed by atoms with Crippen LogP contribution in [0, 0.1) is 6.92 Å². The highest BCUT2D eigenvalue weighted by Gasteiger charge is 2.13. The summed E-state index contributed by atoms with van der Waals surface area (Å²) in [5.41, 5.74) is 2.48. The lowest BCUT2D eigenvalue weighted by molar-refractivity contribution is 0.0904. The highest BCUT2D eigenvalue weighted by atomic mass is 79.9. The van der Waals surface area contributed by atoms with Gasteiger partial charge in [0.15, 0.2) is 0 Å². The maximum absolute atomic E-state index is 5.34. The van der Waals surface area contributed by atoms with Crippen molar-refractivity contribution in [3.05, 3.63) is 28.2 Å². The Morgan fingerprint density at radius 3 is 2.67 bits per heavy atom. The summed E-state index contributed by atoms with van der Waals surface area (Å²) in [5.74, 6) is 0. The largest absolute Gasteiger partial charge is 0.382 e. The van der Waals surface area contributed by atoms with E-state index in [9.17, 15) is 0 Å². The molecule has 1 saturated heterocycles. The van der Waals surface area contributed by atoms with Gasteiger partial charge in [-0.25, -0.2) is 0 Å². The standard InChI is InChI=1S/C12H16BrNO/c1-9-6-10(13)8-12(7-9)14-11-2-4-15-5-3-11/h6-8,11,14H,2-5H2,1H3. The lowest BCUT2D eigenvalue weighted by Crippen LogP contribution is -2.27. The first kappa shape index (κ1) is 11.0. The van der Waals surface area contributed by atoms with Crippen LogP contribution in [0.15, 0.2) is 22.7 Å². The molecular formula is C12H16BrNO. The molecule has 15 heavy (non-hydrogen) atoms. The average molecular weight is 270 g/mol. The Bertz CT molecular complexity index is 314. The molecule has 2 rings (SSSR count). The number of hydrogen-bond donors (Lipinski definition) is 1. The van der Waals surface area contributed by atoms with Gasteiger partial charge in [-0.05, 0) is 43.5 Å². The van der Waals surface area contributed by atoms with Gasteiger partial charge in [-0.15, -0.1) is 0 Å². The van der Waals surface area contributed by atoms with E-state index in [0.717, 1.165) is 30.5 Å². The van der Waals surface area contributed by atoms with Crippen molar-refractivity contribution in [2.24, 2.45) is 0 Å². The van der Waals surface area contributed by atoms with Gasteiger partial charge in [-0.1, -0.05) is 15.9 Å². The van der Waals surface area contributed by atoms with Crippen molar-refractivity contribution in [3.8, 4) is 0 Å². The number of ether oxygens (including phenoxy) is 1. The van der Waals surface area contributed by atoms with Gasteiger partial charge in [-0.3, -0.25) is 0 Å². The average Bonchev–Trinajstić information content (AvgIpc) is 2.17. The molecular weight excluding hydrogens is 254 g/mol. The molecule has 1 N–H and O–H groups in total. The Balaban J connectivity index is 2.02. The maximum Gasteiger partial charge on any atom is 0.0485 e. The zero-order valence-corrected chi connectivity index (χ0v) is 10.5. The predicted molar refractivity (Wildman–Crippen MR) is 66.3 cm³/mol. The van der Waals surface area contributed by atoms with E-state index in [1.165, 1.54) is 11.3 Å². The van der Waals surface area contributed by atoms with E-state index in [1.807, 2.05) is 0 Å². The second-order valence-electron chi connectivity index (χ2n) is 4.05. The summed E-state index contributed by atoms with van der Waals surface area (Å²) < 4.78 is 6.47. The Morgan fingerprint density at radius 1 is 1.27 bits per heavy atom. The van der Waals surface area contributed by atoms with E-state index in [1.54, 1.807) is 0 Å². The molecule has 0 atom stereocenters. The van der Waals surface area contributed by atoms with E-state index in [2.05, 4.69) is 46.4 Å².